The van der Waals surface area contributed by atoms with E-state index in [0.717, 1.165) is 34.7 Å². The molecule has 1 aromatic carbocycles. The fourth-order valence-corrected chi connectivity index (χ4v) is 3.25. The molecule has 0 saturated heterocycles. The van der Waals surface area contributed by atoms with Crippen LogP contribution in [0, 0.1) is 6.92 Å². The summed E-state index contributed by atoms with van der Waals surface area (Å²) in [5.41, 5.74) is 2.21. The number of carbonyl (C=O) groups is 1. The van der Waals surface area contributed by atoms with Crippen LogP contribution in [-0.4, -0.2) is 25.5 Å². The number of rotatable bonds is 6. The SMILES string of the molecule is Cc1cccc(Cn2cc(NC(=O)Cn3nc(C(F)(F)F)cc3C3CC3)cn2)c1. The summed E-state index contributed by atoms with van der Waals surface area (Å²) in [5.74, 6) is -0.401. The van der Waals surface area contributed by atoms with Crippen molar-refractivity contribution >= 4 is 11.6 Å². The van der Waals surface area contributed by atoms with E-state index in [4.69, 9.17) is 0 Å². The van der Waals surface area contributed by atoms with Crippen LogP contribution in [0.4, 0.5) is 18.9 Å². The second-order valence-corrected chi connectivity index (χ2v) is 7.35. The van der Waals surface area contributed by atoms with Gasteiger partial charge in [0.1, 0.15) is 6.54 Å². The summed E-state index contributed by atoms with van der Waals surface area (Å²) in [4.78, 5) is 12.4. The Morgan fingerprint density at radius 3 is 2.76 bits per heavy atom. The minimum atomic E-state index is -4.53. The molecular formula is C20H20F3N5O. The maximum Gasteiger partial charge on any atom is 0.435 e. The third kappa shape index (κ3) is 4.67. The van der Waals surface area contributed by atoms with Gasteiger partial charge in [0.05, 0.1) is 18.4 Å². The topological polar surface area (TPSA) is 64.7 Å². The molecule has 0 unspecified atom stereocenters. The van der Waals surface area contributed by atoms with Crippen LogP contribution in [0.3, 0.4) is 0 Å². The van der Waals surface area contributed by atoms with Crippen molar-refractivity contribution in [1.82, 2.24) is 19.6 Å². The average Bonchev–Trinajstić information content (AvgIpc) is 3.24. The van der Waals surface area contributed by atoms with Gasteiger partial charge in [-0.2, -0.15) is 23.4 Å². The largest absolute Gasteiger partial charge is 0.435 e. The predicted octanol–water partition coefficient (Wildman–Crippen LogP) is 3.97. The minimum absolute atomic E-state index is 0.0449. The van der Waals surface area contributed by atoms with Crippen molar-refractivity contribution in [3.05, 3.63) is 65.2 Å². The summed E-state index contributed by atoms with van der Waals surface area (Å²) in [6, 6.07) is 9.06. The van der Waals surface area contributed by atoms with E-state index >= 15 is 0 Å². The Bertz CT molecular complexity index is 1030. The number of benzene rings is 1. The summed E-state index contributed by atoms with van der Waals surface area (Å²) in [7, 11) is 0. The Hall–Kier alpha value is -3.10. The van der Waals surface area contributed by atoms with Gasteiger partial charge >= 0.3 is 6.18 Å². The van der Waals surface area contributed by atoms with E-state index in [-0.39, 0.29) is 12.5 Å². The van der Waals surface area contributed by atoms with Gasteiger partial charge in [-0.1, -0.05) is 29.8 Å². The number of carbonyl (C=O) groups excluding carboxylic acids is 1. The Kier molecular flexibility index (Phi) is 4.89. The molecule has 6 nitrogen and oxygen atoms in total. The van der Waals surface area contributed by atoms with Crippen LogP contribution < -0.4 is 5.32 Å². The molecule has 0 atom stereocenters. The van der Waals surface area contributed by atoms with Gasteiger partial charge in [-0.25, -0.2) is 0 Å². The number of hydrogen-bond acceptors (Lipinski definition) is 3. The third-order valence-electron chi connectivity index (χ3n) is 4.73. The lowest BCUT2D eigenvalue weighted by Gasteiger charge is -2.07. The summed E-state index contributed by atoms with van der Waals surface area (Å²) in [5, 5.41) is 10.5. The summed E-state index contributed by atoms with van der Waals surface area (Å²) >= 11 is 0. The lowest BCUT2D eigenvalue weighted by atomic mass is 10.1. The lowest BCUT2D eigenvalue weighted by Crippen LogP contribution is -2.21. The standard InChI is InChI=1S/C20H20F3N5O/c1-13-3-2-4-14(7-13)10-27-11-16(9-24-27)25-19(29)12-28-17(15-5-6-15)8-18(26-28)20(21,22)23/h2-4,7-9,11,15H,5-6,10,12H2,1H3,(H,25,29). The number of amides is 1. The molecule has 1 aliphatic carbocycles. The van der Waals surface area contributed by atoms with Crippen molar-refractivity contribution in [3.8, 4) is 0 Å². The molecule has 2 aromatic heterocycles. The number of nitrogens with zero attached hydrogens (tertiary/aromatic N) is 4. The monoisotopic (exact) mass is 403 g/mol. The number of hydrogen-bond donors (Lipinski definition) is 1. The van der Waals surface area contributed by atoms with Gasteiger partial charge in [0.2, 0.25) is 5.91 Å². The second-order valence-electron chi connectivity index (χ2n) is 7.35. The predicted molar refractivity (Wildman–Crippen MR) is 100 cm³/mol. The molecule has 1 N–H and O–H groups in total. The summed E-state index contributed by atoms with van der Waals surface area (Å²) in [6.45, 7) is 2.29. The highest BCUT2D eigenvalue weighted by molar-refractivity contribution is 5.90. The van der Waals surface area contributed by atoms with Crippen molar-refractivity contribution in [2.45, 2.75) is 44.9 Å². The van der Waals surface area contributed by atoms with Gasteiger partial charge in [0.15, 0.2) is 5.69 Å². The fraction of sp³-hybridized carbons (Fsp3) is 0.350. The van der Waals surface area contributed by atoms with Crippen molar-refractivity contribution in [1.29, 1.82) is 0 Å². The molecule has 4 rings (SSSR count). The van der Waals surface area contributed by atoms with Crippen LogP contribution in [-0.2, 0) is 24.1 Å². The lowest BCUT2D eigenvalue weighted by molar-refractivity contribution is -0.141. The van der Waals surface area contributed by atoms with Gasteiger partial charge < -0.3 is 5.32 Å². The zero-order valence-electron chi connectivity index (χ0n) is 15.8. The molecule has 1 aliphatic rings. The number of anilines is 1. The molecule has 0 radical (unpaired) electrons. The molecule has 3 aromatic rings. The van der Waals surface area contributed by atoms with Crippen molar-refractivity contribution in [2.24, 2.45) is 0 Å². The molecular weight excluding hydrogens is 383 g/mol. The van der Waals surface area contributed by atoms with Gasteiger partial charge in [-0.3, -0.25) is 14.2 Å². The number of nitrogens with one attached hydrogen (secondary N) is 1. The second kappa shape index (κ2) is 7.38. The molecule has 2 heterocycles. The van der Waals surface area contributed by atoms with Crippen LogP contribution in [0.15, 0.2) is 42.7 Å². The number of aromatic nitrogens is 4. The maximum atomic E-state index is 13.0. The molecule has 0 bridgehead atoms. The quantitative estimate of drug-likeness (QED) is 0.677. The van der Waals surface area contributed by atoms with Crippen LogP contribution in [0.25, 0.3) is 0 Å². The number of halogens is 3. The first-order valence-corrected chi connectivity index (χ1v) is 9.31. The Morgan fingerprint density at radius 1 is 1.28 bits per heavy atom. The Balaban J connectivity index is 1.42. The molecule has 29 heavy (non-hydrogen) atoms. The average molecular weight is 403 g/mol. The van der Waals surface area contributed by atoms with Crippen LogP contribution in [0.2, 0.25) is 0 Å². The van der Waals surface area contributed by atoms with E-state index < -0.39 is 17.8 Å². The third-order valence-corrected chi connectivity index (χ3v) is 4.73. The van der Waals surface area contributed by atoms with E-state index in [1.54, 1.807) is 10.9 Å². The van der Waals surface area contributed by atoms with Gasteiger partial charge in [-0.05, 0) is 31.4 Å². The van der Waals surface area contributed by atoms with Crippen molar-refractivity contribution in [3.63, 3.8) is 0 Å². The van der Waals surface area contributed by atoms with Gasteiger partial charge in [0.25, 0.3) is 0 Å². The molecule has 1 saturated carbocycles. The highest BCUT2D eigenvalue weighted by Gasteiger charge is 2.38. The molecule has 0 spiro atoms. The Labute approximate surface area is 165 Å². The van der Waals surface area contributed by atoms with Crippen LogP contribution in [0.5, 0.6) is 0 Å². The van der Waals surface area contributed by atoms with E-state index in [1.807, 2.05) is 25.1 Å². The van der Waals surface area contributed by atoms with E-state index in [0.29, 0.717) is 17.9 Å². The van der Waals surface area contributed by atoms with Gasteiger partial charge in [-0.15, -0.1) is 0 Å². The van der Waals surface area contributed by atoms with E-state index in [9.17, 15) is 18.0 Å². The highest BCUT2D eigenvalue weighted by Crippen LogP contribution is 2.42. The molecule has 152 valence electrons. The molecule has 1 fully saturated rings. The highest BCUT2D eigenvalue weighted by atomic mass is 19.4. The molecule has 9 heteroatoms. The minimum Gasteiger partial charge on any atom is -0.322 e. The summed E-state index contributed by atoms with van der Waals surface area (Å²) < 4.78 is 41.8. The number of alkyl halides is 3. The Morgan fingerprint density at radius 2 is 2.07 bits per heavy atom. The van der Waals surface area contributed by atoms with Gasteiger partial charge in [0, 0.05) is 17.8 Å². The first kappa shape index (κ1) is 19.2. The van der Waals surface area contributed by atoms with E-state index in [2.05, 4.69) is 21.6 Å². The van der Waals surface area contributed by atoms with Crippen LogP contribution in [0.1, 0.15) is 41.3 Å². The first-order chi connectivity index (χ1) is 13.8. The number of aryl methyl sites for hydroxylation is 1. The molecule has 1 amide bonds. The normalized spacial score (nSPS) is 14.2. The van der Waals surface area contributed by atoms with Crippen molar-refractivity contribution < 1.29 is 18.0 Å². The zero-order chi connectivity index (χ0) is 20.6. The van der Waals surface area contributed by atoms with E-state index in [1.165, 1.54) is 6.20 Å². The maximum absolute atomic E-state index is 13.0. The van der Waals surface area contributed by atoms with Crippen molar-refractivity contribution in [2.75, 3.05) is 5.32 Å². The fourth-order valence-electron chi connectivity index (χ4n) is 3.25. The summed E-state index contributed by atoms with van der Waals surface area (Å²) in [6.07, 6.45) is 0.307. The van der Waals surface area contributed by atoms with Crippen LogP contribution >= 0.6 is 0 Å². The smallest absolute Gasteiger partial charge is 0.322 e. The molecule has 0 aliphatic heterocycles. The zero-order valence-corrected chi connectivity index (χ0v) is 15.8. The first-order valence-electron chi connectivity index (χ1n) is 9.31.